The first kappa shape index (κ1) is 15.8. The molecule has 1 rings (SSSR count). The zero-order chi connectivity index (χ0) is 14.1. The van der Waals surface area contributed by atoms with Crippen LogP contribution in [-0.4, -0.2) is 42.6 Å². The molecule has 0 radical (unpaired) electrons. The highest BCUT2D eigenvalue weighted by Crippen LogP contribution is 2.11. The van der Waals surface area contributed by atoms with Crippen molar-refractivity contribution in [3.8, 4) is 0 Å². The molecule has 1 aromatic rings. The quantitative estimate of drug-likeness (QED) is 0.673. The van der Waals surface area contributed by atoms with E-state index >= 15 is 0 Å². The molecule has 0 bridgehead atoms. The molecular formula is C15H28N4. The van der Waals surface area contributed by atoms with Crippen molar-refractivity contribution in [3.63, 3.8) is 0 Å². The highest BCUT2D eigenvalue weighted by atomic mass is 15.1. The maximum absolute atomic E-state index is 4.30. The molecule has 0 aliphatic heterocycles. The second kappa shape index (κ2) is 8.75. The lowest BCUT2D eigenvalue weighted by Gasteiger charge is -2.20. The Balaban J connectivity index is 2.29. The van der Waals surface area contributed by atoms with Crippen molar-refractivity contribution < 1.29 is 0 Å². The van der Waals surface area contributed by atoms with Crippen molar-refractivity contribution in [2.24, 2.45) is 0 Å². The number of pyridine rings is 1. The van der Waals surface area contributed by atoms with Gasteiger partial charge in [0.2, 0.25) is 0 Å². The molecule has 0 spiro atoms. The average Bonchev–Trinajstić information content (AvgIpc) is 2.41. The van der Waals surface area contributed by atoms with Gasteiger partial charge in [-0.25, -0.2) is 4.98 Å². The number of hydrogen-bond donors (Lipinski definition) is 2. The Morgan fingerprint density at radius 3 is 2.74 bits per heavy atom. The Labute approximate surface area is 117 Å². The van der Waals surface area contributed by atoms with E-state index in [1.807, 2.05) is 12.3 Å². The fraction of sp³-hybridized carbons (Fsp3) is 0.667. The van der Waals surface area contributed by atoms with Gasteiger partial charge in [-0.15, -0.1) is 0 Å². The van der Waals surface area contributed by atoms with Crippen LogP contribution in [0.2, 0.25) is 0 Å². The molecule has 0 amide bonds. The SMILES string of the molecule is CCCNc1cc(NCCCN(C)C(C)C)ccn1. The Morgan fingerprint density at radius 2 is 2.05 bits per heavy atom. The standard InChI is InChI=1S/C15H28N4/c1-5-8-17-15-12-14(7-10-18-15)16-9-6-11-19(4)13(2)3/h7,10,12-13H,5-6,8-9,11H2,1-4H3,(H2,16,17,18). The molecule has 0 aliphatic carbocycles. The maximum atomic E-state index is 4.30. The summed E-state index contributed by atoms with van der Waals surface area (Å²) in [6.45, 7) is 9.69. The molecule has 0 saturated carbocycles. The van der Waals surface area contributed by atoms with Crippen LogP contribution in [0.15, 0.2) is 18.3 Å². The third-order valence-electron chi connectivity index (χ3n) is 3.21. The van der Waals surface area contributed by atoms with Crippen LogP contribution in [0, 0.1) is 0 Å². The van der Waals surface area contributed by atoms with E-state index in [9.17, 15) is 0 Å². The molecule has 0 atom stereocenters. The first-order chi connectivity index (χ1) is 9.13. The minimum atomic E-state index is 0.616. The molecule has 2 N–H and O–H groups in total. The monoisotopic (exact) mass is 264 g/mol. The van der Waals surface area contributed by atoms with Gasteiger partial charge in [0.25, 0.3) is 0 Å². The van der Waals surface area contributed by atoms with Crippen LogP contribution < -0.4 is 10.6 Å². The van der Waals surface area contributed by atoms with Crippen LogP contribution >= 0.6 is 0 Å². The summed E-state index contributed by atoms with van der Waals surface area (Å²) in [6, 6.07) is 4.70. The van der Waals surface area contributed by atoms with Crippen LogP contribution in [0.4, 0.5) is 11.5 Å². The largest absolute Gasteiger partial charge is 0.385 e. The third-order valence-corrected chi connectivity index (χ3v) is 3.21. The van der Waals surface area contributed by atoms with Gasteiger partial charge in [0.05, 0.1) is 0 Å². The van der Waals surface area contributed by atoms with Gasteiger partial charge in [-0.2, -0.15) is 0 Å². The fourth-order valence-electron chi connectivity index (χ4n) is 1.71. The highest BCUT2D eigenvalue weighted by molar-refractivity contribution is 5.51. The summed E-state index contributed by atoms with van der Waals surface area (Å²) < 4.78 is 0. The van der Waals surface area contributed by atoms with Crippen molar-refractivity contribution >= 4 is 11.5 Å². The molecule has 0 unspecified atom stereocenters. The fourth-order valence-corrected chi connectivity index (χ4v) is 1.71. The summed E-state index contributed by atoms with van der Waals surface area (Å²) in [7, 11) is 2.17. The molecule has 1 heterocycles. The normalized spacial score (nSPS) is 11.1. The summed E-state index contributed by atoms with van der Waals surface area (Å²) >= 11 is 0. The van der Waals surface area contributed by atoms with Crippen LogP contribution in [0.3, 0.4) is 0 Å². The Bertz CT molecular complexity index is 352. The average molecular weight is 264 g/mol. The Kier molecular flexibility index (Phi) is 7.26. The second-order valence-corrected chi connectivity index (χ2v) is 5.21. The van der Waals surface area contributed by atoms with Gasteiger partial charge >= 0.3 is 0 Å². The molecule has 4 nitrogen and oxygen atoms in total. The third kappa shape index (κ3) is 6.43. The van der Waals surface area contributed by atoms with Crippen molar-refractivity contribution in [1.82, 2.24) is 9.88 Å². The zero-order valence-electron chi connectivity index (χ0n) is 12.7. The molecule has 108 valence electrons. The molecule has 0 saturated heterocycles. The van der Waals surface area contributed by atoms with E-state index in [1.165, 1.54) is 0 Å². The van der Waals surface area contributed by atoms with Crippen LogP contribution in [-0.2, 0) is 0 Å². The van der Waals surface area contributed by atoms with Gasteiger partial charge in [-0.05, 0) is 46.3 Å². The summed E-state index contributed by atoms with van der Waals surface area (Å²) in [5.41, 5.74) is 1.14. The molecule has 0 aliphatic rings. The molecular weight excluding hydrogens is 236 g/mol. The first-order valence-electron chi connectivity index (χ1n) is 7.27. The molecule has 19 heavy (non-hydrogen) atoms. The van der Waals surface area contributed by atoms with Gasteiger partial charge in [0.15, 0.2) is 0 Å². The Hall–Kier alpha value is -1.29. The van der Waals surface area contributed by atoms with E-state index < -0.39 is 0 Å². The topological polar surface area (TPSA) is 40.2 Å². The van der Waals surface area contributed by atoms with E-state index in [0.29, 0.717) is 6.04 Å². The van der Waals surface area contributed by atoms with Gasteiger partial charge < -0.3 is 15.5 Å². The predicted octanol–water partition coefficient (Wildman–Crippen LogP) is 3.05. The number of nitrogens with zero attached hydrogens (tertiary/aromatic N) is 2. The Morgan fingerprint density at radius 1 is 1.26 bits per heavy atom. The molecule has 1 aromatic heterocycles. The first-order valence-corrected chi connectivity index (χ1v) is 7.27. The zero-order valence-corrected chi connectivity index (χ0v) is 12.7. The van der Waals surface area contributed by atoms with Crippen molar-refractivity contribution in [2.75, 3.05) is 37.3 Å². The number of aromatic nitrogens is 1. The van der Waals surface area contributed by atoms with Crippen LogP contribution in [0.25, 0.3) is 0 Å². The van der Waals surface area contributed by atoms with E-state index in [1.54, 1.807) is 0 Å². The minimum Gasteiger partial charge on any atom is -0.385 e. The summed E-state index contributed by atoms with van der Waals surface area (Å²) in [4.78, 5) is 6.66. The van der Waals surface area contributed by atoms with E-state index in [0.717, 1.165) is 44.0 Å². The highest BCUT2D eigenvalue weighted by Gasteiger charge is 2.02. The van der Waals surface area contributed by atoms with Crippen molar-refractivity contribution in [3.05, 3.63) is 18.3 Å². The number of hydrogen-bond acceptors (Lipinski definition) is 4. The summed E-state index contributed by atoms with van der Waals surface area (Å²) in [6.07, 6.45) is 4.11. The van der Waals surface area contributed by atoms with Crippen molar-refractivity contribution in [1.29, 1.82) is 0 Å². The predicted molar refractivity (Wildman–Crippen MR) is 83.9 cm³/mol. The molecule has 4 heteroatoms. The van der Waals surface area contributed by atoms with Gasteiger partial charge in [-0.3, -0.25) is 0 Å². The maximum Gasteiger partial charge on any atom is 0.127 e. The lowest BCUT2D eigenvalue weighted by atomic mass is 10.3. The van der Waals surface area contributed by atoms with E-state index in [4.69, 9.17) is 0 Å². The molecule has 0 fully saturated rings. The lowest BCUT2D eigenvalue weighted by Crippen LogP contribution is -2.28. The van der Waals surface area contributed by atoms with Gasteiger partial charge in [-0.1, -0.05) is 6.92 Å². The van der Waals surface area contributed by atoms with Crippen LogP contribution in [0.1, 0.15) is 33.6 Å². The summed E-state index contributed by atoms with van der Waals surface area (Å²) in [5.74, 6) is 0.950. The van der Waals surface area contributed by atoms with E-state index in [2.05, 4.69) is 54.4 Å². The van der Waals surface area contributed by atoms with Gasteiger partial charge in [0, 0.05) is 37.1 Å². The van der Waals surface area contributed by atoms with Crippen LogP contribution in [0.5, 0.6) is 0 Å². The smallest absolute Gasteiger partial charge is 0.127 e. The van der Waals surface area contributed by atoms with Crippen molar-refractivity contribution in [2.45, 2.75) is 39.7 Å². The van der Waals surface area contributed by atoms with Gasteiger partial charge in [0.1, 0.15) is 5.82 Å². The number of rotatable bonds is 9. The minimum absolute atomic E-state index is 0.616. The van der Waals surface area contributed by atoms with E-state index in [-0.39, 0.29) is 0 Å². The number of anilines is 2. The lowest BCUT2D eigenvalue weighted by molar-refractivity contribution is 0.273. The second-order valence-electron chi connectivity index (χ2n) is 5.21. The number of nitrogens with one attached hydrogen (secondary N) is 2. The molecule has 0 aromatic carbocycles. The summed E-state index contributed by atoms with van der Waals surface area (Å²) in [5, 5.41) is 6.75.